The van der Waals surface area contributed by atoms with Crippen molar-refractivity contribution in [2.45, 2.75) is 6.54 Å². The highest BCUT2D eigenvalue weighted by molar-refractivity contribution is 5.91. The Kier molecular flexibility index (Phi) is 2.44. The first-order chi connectivity index (χ1) is 7.25. The van der Waals surface area contributed by atoms with Gasteiger partial charge in [-0.15, -0.1) is 0 Å². The number of carbonyl (C=O) groups excluding carboxylic acids is 1. The van der Waals surface area contributed by atoms with E-state index in [9.17, 15) is 4.79 Å². The number of nitrogens with one attached hydrogen (secondary N) is 2. The molecule has 0 aromatic carbocycles. The molecule has 0 spiro atoms. The predicted molar refractivity (Wildman–Crippen MR) is 50.8 cm³/mol. The van der Waals surface area contributed by atoms with Crippen LogP contribution in [0.5, 0.6) is 0 Å². The molecule has 2 aromatic heterocycles. The van der Waals surface area contributed by atoms with E-state index in [4.69, 9.17) is 0 Å². The van der Waals surface area contributed by atoms with Gasteiger partial charge in [0.25, 0.3) is 5.91 Å². The molecule has 2 N–H and O–H groups in total. The first kappa shape index (κ1) is 9.38. The van der Waals surface area contributed by atoms with Crippen LogP contribution in [-0.2, 0) is 13.6 Å². The van der Waals surface area contributed by atoms with Crippen molar-refractivity contribution >= 4 is 5.91 Å². The van der Waals surface area contributed by atoms with Crippen molar-refractivity contribution in [3.05, 3.63) is 30.4 Å². The number of hydrogen-bond donors (Lipinski definition) is 2. The maximum Gasteiger partial charge on any atom is 0.271 e. The highest BCUT2D eigenvalue weighted by atomic mass is 16.1. The molecule has 0 aliphatic carbocycles. The number of aryl methyl sites for hydroxylation is 1. The zero-order valence-electron chi connectivity index (χ0n) is 8.14. The Morgan fingerprint density at radius 2 is 2.47 bits per heavy atom. The van der Waals surface area contributed by atoms with E-state index < -0.39 is 0 Å². The lowest BCUT2D eigenvalue weighted by molar-refractivity contribution is 0.0945. The van der Waals surface area contributed by atoms with Crippen molar-refractivity contribution < 1.29 is 4.79 Å². The Morgan fingerprint density at radius 1 is 1.60 bits per heavy atom. The lowest BCUT2D eigenvalue weighted by Crippen LogP contribution is -2.23. The minimum Gasteiger partial charge on any atom is -0.343 e. The highest BCUT2D eigenvalue weighted by Crippen LogP contribution is 1.94. The van der Waals surface area contributed by atoms with Crippen LogP contribution < -0.4 is 5.32 Å². The van der Waals surface area contributed by atoms with Crippen LogP contribution >= 0.6 is 0 Å². The van der Waals surface area contributed by atoms with Crippen LogP contribution in [0.1, 0.15) is 16.3 Å². The van der Waals surface area contributed by atoms with E-state index in [-0.39, 0.29) is 5.91 Å². The number of rotatable bonds is 3. The van der Waals surface area contributed by atoms with Crippen molar-refractivity contribution in [2.24, 2.45) is 7.05 Å². The summed E-state index contributed by atoms with van der Waals surface area (Å²) in [6.07, 6.45) is 4.61. The van der Waals surface area contributed by atoms with Crippen molar-refractivity contribution in [1.82, 2.24) is 30.0 Å². The first-order valence-electron chi connectivity index (χ1n) is 4.36. The topological polar surface area (TPSA) is 88.5 Å². The van der Waals surface area contributed by atoms with Crippen molar-refractivity contribution in [2.75, 3.05) is 0 Å². The third-order valence-corrected chi connectivity index (χ3v) is 1.82. The van der Waals surface area contributed by atoms with Gasteiger partial charge < -0.3 is 9.88 Å². The van der Waals surface area contributed by atoms with E-state index >= 15 is 0 Å². The molecule has 2 rings (SSSR count). The lowest BCUT2D eigenvalue weighted by Gasteiger charge is -1.98. The SMILES string of the molecule is Cn1cnc(C(=O)NCc2ncn[nH]2)c1. The van der Waals surface area contributed by atoms with E-state index in [0.29, 0.717) is 18.1 Å². The van der Waals surface area contributed by atoms with Gasteiger partial charge in [-0.3, -0.25) is 9.89 Å². The minimum atomic E-state index is -0.230. The summed E-state index contributed by atoms with van der Waals surface area (Å²) in [5, 5.41) is 8.98. The number of aromatic nitrogens is 5. The summed E-state index contributed by atoms with van der Waals surface area (Å²) in [6, 6.07) is 0. The number of H-pyrrole nitrogens is 1. The van der Waals surface area contributed by atoms with E-state index in [1.54, 1.807) is 24.1 Å². The van der Waals surface area contributed by atoms with Crippen molar-refractivity contribution in [3.8, 4) is 0 Å². The standard InChI is InChI=1S/C8H10N6O/c1-14-3-6(11-5-14)8(15)9-2-7-10-4-12-13-7/h3-5H,2H2,1H3,(H,9,15)(H,10,12,13). The number of imidazole rings is 1. The quantitative estimate of drug-likeness (QED) is 0.706. The summed E-state index contributed by atoms with van der Waals surface area (Å²) < 4.78 is 1.71. The third-order valence-electron chi connectivity index (χ3n) is 1.82. The van der Waals surface area contributed by atoms with Gasteiger partial charge in [0, 0.05) is 13.2 Å². The Morgan fingerprint density at radius 3 is 3.07 bits per heavy atom. The molecule has 0 aliphatic heterocycles. The second kappa shape index (κ2) is 3.91. The zero-order valence-corrected chi connectivity index (χ0v) is 8.14. The van der Waals surface area contributed by atoms with E-state index in [0.717, 1.165) is 0 Å². The molecular formula is C8H10N6O. The molecule has 0 unspecified atom stereocenters. The maximum absolute atomic E-state index is 11.5. The summed E-state index contributed by atoms with van der Waals surface area (Å²) in [4.78, 5) is 19.3. The largest absolute Gasteiger partial charge is 0.343 e. The molecule has 15 heavy (non-hydrogen) atoms. The van der Waals surface area contributed by atoms with Crippen molar-refractivity contribution in [1.29, 1.82) is 0 Å². The summed E-state index contributed by atoms with van der Waals surface area (Å²) >= 11 is 0. The molecule has 0 atom stereocenters. The summed E-state index contributed by atoms with van der Waals surface area (Å²) in [5.74, 6) is 0.381. The molecule has 78 valence electrons. The lowest BCUT2D eigenvalue weighted by atomic mass is 10.4. The molecule has 7 nitrogen and oxygen atoms in total. The van der Waals surface area contributed by atoms with E-state index in [2.05, 4.69) is 25.5 Å². The zero-order chi connectivity index (χ0) is 10.7. The second-order valence-corrected chi connectivity index (χ2v) is 3.04. The fourth-order valence-electron chi connectivity index (χ4n) is 1.10. The van der Waals surface area contributed by atoms with Crippen LogP contribution in [0.3, 0.4) is 0 Å². The Balaban J connectivity index is 1.93. The molecule has 2 heterocycles. The fourth-order valence-corrected chi connectivity index (χ4v) is 1.10. The number of hydrogen-bond acceptors (Lipinski definition) is 4. The molecule has 2 aromatic rings. The molecule has 0 saturated heterocycles. The average molecular weight is 206 g/mol. The van der Waals surface area contributed by atoms with Gasteiger partial charge in [-0.25, -0.2) is 9.97 Å². The molecule has 7 heteroatoms. The fraction of sp³-hybridized carbons (Fsp3) is 0.250. The molecule has 0 saturated carbocycles. The van der Waals surface area contributed by atoms with Crippen LogP contribution in [0.4, 0.5) is 0 Å². The summed E-state index contributed by atoms with van der Waals surface area (Å²) in [6.45, 7) is 0.315. The van der Waals surface area contributed by atoms with Gasteiger partial charge in [0.2, 0.25) is 0 Å². The Labute approximate surface area is 85.6 Å². The summed E-state index contributed by atoms with van der Waals surface area (Å²) in [7, 11) is 1.81. The van der Waals surface area contributed by atoms with Crippen LogP contribution in [0.2, 0.25) is 0 Å². The second-order valence-electron chi connectivity index (χ2n) is 3.04. The average Bonchev–Trinajstić information content (AvgIpc) is 2.84. The van der Waals surface area contributed by atoms with Gasteiger partial charge in [0.1, 0.15) is 17.8 Å². The molecular weight excluding hydrogens is 196 g/mol. The van der Waals surface area contributed by atoms with Crippen LogP contribution in [-0.4, -0.2) is 30.6 Å². The first-order valence-corrected chi connectivity index (χ1v) is 4.36. The normalized spacial score (nSPS) is 10.2. The van der Waals surface area contributed by atoms with Gasteiger partial charge in [-0.2, -0.15) is 5.10 Å². The van der Waals surface area contributed by atoms with Crippen LogP contribution in [0.25, 0.3) is 0 Å². The number of aromatic amines is 1. The highest BCUT2D eigenvalue weighted by Gasteiger charge is 2.08. The number of amides is 1. The van der Waals surface area contributed by atoms with Crippen LogP contribution in [0.15, 0.2) is 18.9 Å². The number of carbonyl (C=O) groups is 1. The minimum absolute atomic E-state index is 0.230. The third kappa shape index (κ3) is 2.19. The summed E-state index contributed by atoms with van der Waals surface area (Å²) in [5.41, 5.74) is 0.386. The van der Waals surface area contributed by atoms with Crippen LogP contribution in [0, 0.1) is 0 Å². The monoisotopic (exact) mass is 206 g/mol. The van der Waals surface area contributed by atoms with Gasteiger partial charge in [0.05, 0.1) is 12.9 Å². The predicted octanol–water partition coefficient (Wildman–Crippen LogP) is -0.532. The smallest absolute Gasteiger partial charge is 0.271 e. The van der Waals surface area contributed by atoms with E-state index in [1.807, 2.05) is 0 Å². The van der Waals surface area contributed by atoms with Gasteiger partial charge >= 0.3 is 0 Å². The Bertz CT molecular complexity index is 445. The molecule has 0 radical (unpaired) electrons. The molecule has 1 amide bonds. The maximum atomic E-state index is 11.5. The van der Waals surface area contributed by atoms with Gasteiger partial charge in [-0.05, 0) is 0 Å². The van der Waals surface area contributed by atoms with E-state index in [1.165, 1.54) is 6.33 Å². The van der Waals surface area contributed by atoms with Gasteiger partial charge in [-0.1, -0.05) is 0 Å². The number of nitrogens with zero attached hydrogens (tertiary/aromatic N) is 4. The van der Waals surface area contributed by atoms with Gasteiger partial charge in [0.15, 0.2) is 0 Å². The molecule has 0 bridgehead atoms. The molecule has 0 fully saturated rings. The Hall–Kier alpha value is -2.18. The van der Waals surface area contributed by atoms with Crippen molar-refractivity contribution in [3.63, 3.8) is 0 Å². The molecule has 0 aliphatic rings.